The molecule has 2 atom stereocenters. The number of halogens is 1. The molecule has 2 aromatic heterocycles. The van der Waals surface area contributed by atoms with Gasteiger partial charge in [-0.15, -0.1) is 0 Å². The zero-order valence-electron chi connectivity index (χ0n) is 20.1. The highest BCUT2D eigenvalue weighted by Crippen LogP contribution is 2.38. The number of nitrogens with zero attached hydrogens (tertiary/aromatic N) is 6. The summed E-state index contributed by atoms with van der Waals surface area (Å²) in [5.41, 5.74) is 1.05. The number of ether oxygens (including phenoxy) is 1. The highest BCUT2D eigenvalue weighted by atomic mass is 19.1. The molecule has 3 aliphatic rings. The molecule has 2 N–H and O–H groups in total. The highest BCUT2D eigenvalue weighted by molar-refractivity contribution is 5.63. The number of fused-ring (bicyclic) bond motifs is 4. The van der Waals surface area contributed by atoms with E-state index in [4.69, 9.17) is 4.74 Å². The Kier molecular flexibility index (Phi) is 5.06. The van der Waals surface area contributed by atoms with Crippen LogP contribution in [0.4, 0.5) is 21.8 Å². The number of anilines is 3. The number of hydrogen-bond acceptors (Lipinski definition) is 8. The maximum absolute atomic E-state index is 14.7. The van der Waals surface area contributed by atoms with Crippen molar-refractivity contribution in [3.63, 3.8) is 0 Å². The maximum Gasteiger partial charge on any atom is 0.350 e. The Morgan fingerprint density at radius 1 is 1.29 bits per heavy atom. The number of piperidine rings is 1. The summed E-state index contributed by atoms with van der Waals surface area (Å²) in [5, 5.41) is 10.7. The molecule has 0 saturated carbocycles. The first-order chi connectivity index (χ1) is 16.8. The quantitative estimate of drug-likeness (QED) is 0.588. The second-order valence-corrected chi connectivity index (χ2v) is 10.2. The molecule has 3 aromatic rings. The normalized spacial score (nSPS) is 22.6. The molecule has 5 heterocycles. The summed E-state index contributed by atoms with van der Waals surface area (Å²) in [6.45, 7) is 5.89. The lowest BCUT2D eigenvalue weighted by molar-refractivity contribution is 0.0500. The summed E-state index contributed by atoms with van der Waals surface area (Å²) < 4.78 is 23.2. The minimum Gasteiger partial charge on any atom is -0.483 e. The van der Waals surface area contributed by atoms with Crippen molar-refractivity contribution in [3.8, 4) is 11.4 Å². The van der Waals surface area contributed by atoms with Gasteiger partial charge in [-0.05, 0) is 64.3 Å². The molecular weight excluding hydrogens is 451 g/mol. The fourth-order valence-electron chi connectivity index (χ4n) is 5.86. The topological polar surface area (TPSA) is 102 Å². The molecule has 2 fully saturated rings. The van der Waals surface area contributed by atoms with Crippen LogP contribution < -0.4 is 21.1 Å². The number of rotatable bonds is 4. The fraction of sp³-hybridized carbons (Fsp3) is 0.500. The largest absolute Gasteiger partial charge is 0.483 e. The lowest BCUT2D eigenvalue weighted by Gasteiger charge is -2.47. The van der Waals surface area contributed by atoms with E-state index in [9.17, 15) is 9.18 Å². The van der Waals surface area contributed by atoms with Crippen molar-refractivity contribution in [3.05, 3.63) is 46.5 Å². The van der Waals surface area contributed by atoms with Gasteiger partial charge in [-0.2, -0.15) is 10.1 Å². The monoisotopic (exact) mass is 480 g/mol. The van der Waals surface area contributed by atoms with E-state index >= 15 is 0 Å². The Morgan fingerprint density at radius 3 is 3.00 bits per heavy atom. The predicted molar refractivity (Wildman–Crippen MR) is 129 cm³/mol. The van der Waals surface area contributed by atoms with Gasteiger partial charge < -0.3 is 15.4 Å². The number of benzene rings is 1. The minimum absolute atomic E-state index is 0.0656. The summed E-state index contributed by atoms with van der Waals surface area (Å²) in [4.78, 5) is 23.7. The van der Waals surface area contributed by atoms with Crippen LogP contribution in [0, 0.1) is 5.82 Å². The minimum atomic E-state index is -0.479. The molecule has 0 bridgehead atoms. The van der Waals surface area contributed by atoms with Crippen LogP contribution in [0.25, 0.3) is 5.69 Å². The molecule has 6 rings (SSSR count). The highest BCUT2D eigenvalue weighted by Gasteiger charge is 2.43. The average Bonchev–Trinajstić information content (AvgIpc) is 3.41. The van der Waals surface area contributed by atoms with Gasteiger partial charge in [0, 0.05) is 30.4 Å². The number of nitrogens with one attached hydrogen (secondary N) is 2. The molecular formula is C24H29FN8O2. The van der Waals surface area contributed by atoms with Crippen LogP contribution in [-0.4, -0.2) is 53.4 Å². The van der Waals surface area contributed by atoms with E-state index in [0.29, 0.717) is 29.0 Å². The van der Waals surface area contributed by atoms with Crippen molar-refractivity contribution >= 4 is 17.5 Å². The molecule has 0 unspecified atom stereocenters. The first-order valence-electron chi connectivity index (χ1n) is 12.0. The van der Waals surface area contributed by atoms with Gasteiger partial charge in [-0.3, -0.25) is 4.90 Å². The van der Waals surface area contributed by atoms with Gasteiger partial charge in [-0.25, -0.2) is 23.4 Å². The molecule has 10 nitrogen and oxygen atoms in total. The summed E-state index contributed by atoms with van der Waals surface area (Å²) in [6.07, 6.45) is 5.48. The van der Waals surface area contributed by atoms with Gasteiger partial charge in [-0.1, -0.05) is 0 Å². The molecule has 1 aromatic carbocycles. The lowest BCUT2D eigenvalue weighted by atomic mass is 9.84. The molecule has 0 amide bonds. The van der Waals surface area contributed by atoms with Crippen LogP contribution in [0.15, 0.2) is 29.2 Å². The fourth-order valence-corrected chi connectivity index (χ4v) is 5.86. The van der Waals surface area contributed by atoms with Gasteiger partial charge in [0.15, 0.2) is 17.5 Å². The van der Waals surface area contributed by atoms with E-state index in [-0.39, 0.29) is 35.6 Å². The van der Waals surface area contributed by atoms with E-state index in [1.165, 1.54) is 28.3 Å². The van der Waals surface area contributed by atoms with Crippen LogP contribution in [-0.2, 0) is 13.7 Å². The third-order valence-electron chi connectivity index (χ3n) is 7.35. The molecule has 35 heavy (non-hydrogen) atoms. The lowest BCUT2D eigenvalue weighted by Crippen LogP contribution is -2.55. The standard InChI is InChI=1S/C24H29FN8O2/c1-24(2)11-15(9-16-5-4-8-32(16)24)27-21-17(25)12-26-22(29-21)28-14-6-7-19-18(10-14)33-20(13-35-19)30-31(3)23(33)34/h6-7,10,12,15-16H,4-5,8-9,11,13H2,1-3H3,(H2,26,27,28,29)/t15-,16+/m1/s1. The first-order valence-corrected chi connectivity index (χ1v) is 12.0. The van der Waals surface area contributed by atoms with E-state index in [0.717, 1.165) is 19.4 Å². The van der Waals surface area contributed by atoms with Gasteiger partial charge in [0.1, 0.15) is 12.4 Å². The van der Waals surface area contributed by atoms with Gasteiger partial charge in [0.2, 0.25) is 5.95 Å². The molecule has 184 valence electrons. The van der Waals surface area contributed by atoms with Crippen molar-refractivity contribution in [2.75, 3.05) is 17.2 Å². The zero-order valence-corrected chi connectivity index (χ0v) is 20.1. The predicted octanol–water partition coefficient (Wildman–Crippen LogP) is 2.95. The SMILES string of the molecule is Cn1nc2n(c1=O)-c1cc(Nc3ncc(F)c(N[C@@H]4C[C@@H]5CCCN5C(C)(C)C4)n3)ccc1OC2. The number of aromatic nitrogens is 5. The third kappa shape index (κ3) is 3.83. The van der Waals surface area contributed by atoms with Crippen molar-refractivity contribution in [1.29, 1.82) is 0 Å². The van der Waals surface area contributed by atoms with E-state index in [1.807, 2.05) is 6.07 Å². The van der Waals surface area contributed by atoms with E-state index in [1.54, 1.807) is 19.2 Å². The van der Waals surface area contributed by atoms with E-state index in [2.05, 4.69) is 44.4 Å². The van der Waals surface area contributed by atoms with Gasteiger partial charge >= 0.3 is 5.69 Å². The van der Waals surface area contributed by atoms with Crippen LogP contribution in [0.3, 0.4) is 0 Å². The smallest absolute Gasteiger partial charge is 0.350 e. The Hall–Kier alpha value is -3.47. The second kappa shape index (κ2) is 8.04. The molecule has 0 radical (unpaired) electrons. The van der Waals surface area contributed by atoms with E-state index < -0.39 is 5.82 Å². The van der Waals surface area contributed by atoms with Crippen LogP contribution >= 0.6 is 0 Å². The Balaban J connectivity index is 1.24. The maximum atomic E-state index is 14.7. The number of aryl methyl sites for hydroxylation is 1. The second-order valence-electron chi connectivity index (χ2n) is 10.2. The number of hydrogen-bond donors (Lipinski definition) is 2. The molecule has 0 spiro atoms. The summed E-state index contributed by atoms with van der Waals surface area (Å²) in [7, 11) is 1.61. The Labute approximate surface area is 202 Å². The summed E-state index contributed by atoms with van der Waals surface area (Å²) >= 11 is 0. The Morgan fingerprint density at radius 2 is 2.14 bits per heavy atom. The van der Waals surface area contributed by atoms with Gasteiger partial charge in [0.25, 0.3) is 0 Å². The van der Waals surface area contributed by atoms with Crippen molar-refractivity contribution in [2.45, 2.75) is 63.8 Å². The van der Waals surface area contributed by atoms with Gasteiger partial charge in [0.05, 0.1) is 11.9 Å². The first kappa shape index (κ1) is 22.0. The van der Waals surface area contributed by atoms with Crippen molar-refractivity contribution in [2.24, 2.45) is 7.05 Å². The van der Waals surface area contributed by atoms with Crippen molar-refractivity contribution in [1.82, 2.24) is 29.2 Å². The molecule has 11 heteroatoms. The third-order valence-corrected chi connectivity index (χ3v) is 7.35. The average molecular weight is 481 g/mol. The van der Waals surface area contributed by atoms with Crippen LogP contribution in [0.5, 0.6) is 5.75 Å². The molecule has 0 aliphatic carbocycles. The summed E-state index contributed by atoms with van der Waals surface area (Å²) in [6, 6.07) is 6.03. The Bertz CT molecular complexity index is 1350. The zero-order chi connectivity index (χ0) is 24.3. The molecule has 3 aliphatic heterocycles. The molecule has 2 saturated heterocycles. The van der Waals surface area contributed by atoms with Crippen molar-refractivity contribution < 1.29 is 9.13 Å². The van der Waals surface area contributed by atoms with Crippen LogP contribution in [0.1, 0.15) is 45.4 Å². The summed E-state index contributed by atoms with van der Waals surface area (Å²) in [5.74, 6) is 1.10. The van der Waals surface area contributed by atoms with Crippen LogP contribution in [0.2, 0.25) is 0 Å².